The lowest BCUT2D eigenvalue weighted by Gasteiger charge is -2.20. The Morgan fingerprint density at radius 1 is 0.973 bits per heavy atom. The number of sulfonamides is 1. The van der Waals surface area contributed by atoms with Gasteiger partial charge in [0.15, 0.2) is 0 Å². The average molecular weight is 598 g/mol. The van der Waals surface area contributed by atoms with E-state index in [-0.39, 0.29) is 4.90 Å². The summed E-state index contributed by atoms with van der Waals surface area (Å²) in [5, 5.41) is 6.17. The molecule has 1 fully saturated rings. The lowest BCUT2D eigenvalue weighted by atomic mass is 10.2. The van der Waals surface area contributed by atoms with Crippen LogP contribution >= 0.6 is 27.3 Å². The molecular formula is C27H25BrN4O3S2. The van der Waals surface area contributed by atoms with Gasteiger partial charge in [-0.25, -0.2) is 13.4 Å². The molecular weight excluding hydrogens is 572 g/mol. The Labute approximate surface area is 228 Å². The molecule has 0 spiro atoms. The number of nitrogens with zero attached hydrogens (tertiary/aromatic N) is 4. The number of hydrogen-bond donors (Lipinski definition) is 0. The molecule has 190 valence electrons. The molecule has 0 N–H and O–H groups in total. The Hall–Kier alpha value is -2.92. The van der Waals surface area contributed by atoms with Crippen molar-refractivity contribution in [2.24, 2.45) is 5.10 Å². The molecule has 2 heterocycles. The third kappa shape index (κ3) is 5.82. The van der Waals surface area contributed by atoms with Gasteiger partial charge < -0.3 is 0 Å². The van der Waals surface area contributed by atoms with E-state index in [4.69, 9.17) is 0 Å². The molecule has 0 saturated carbocycles. The standard InChI is InChI=1S/C27H25BrN4O3S2/c28-22-12-15-24-25(18-22)36-27(30-24)32(29-19-20-8-4-3-5-9-20)26(33)21-10-13-23(14-11-21)37(34,35)31-16-6-1-2-7-17-31/h3-5,8-15,18-19H,1-2,6-7,16-17H2/b29-19+. The van der Waals surface area contributed by atoms with E-state index in [1.807, 2.05) is 48.5 Å². The third-order valence-corrected chi connectivity index (χ3v) is 9.54. The predicted octanol–water partition coefficient (Wildman–Crippen LogP) is 6.30. The summed E-state index contributed by atoms with van der Waals surface area (Å²) in [5.41, 5.74) is 1.92. The fourth-order valence-corrected chi connectivity index (χ4v) is 7.14. The predicted molar refractivity (Wildman–Crippen MR) is 152 cm³/mol. The second-order valence-electron chi connectivity index (χ2n) is 8.72. The van der Waals surface area contributed by atoms with E-state index in [1.54, 1.807) is 22.7 Å². The highest BCUT2D eigenvalue weighted by atomic mass is 79.9. The highest BCUT2D eigenvalue weighted by Gasteiger charge is 2.26. The molecule has 5 rings (SSSR count). The molecule has 1 amide bonds. The first-order valence-electron chi connectivity index (χ1n) is 12.0. The number of benzene rings is 3. The van der Waals surface area contributed by atoms with Crippen LogP contribution in [0.1, 0.15) is 41.6 Å². The zero-order valence-electron chi connectivity index (χ0n) is 20.0. The van der Waals surface area contributed by atoms with Crippen LogP contribution in [0.2, 0.25) is 0 Å². The molecule has 0 unspecified atom stereocenters. The first-order chi connectivity index (χ1) is 17.9. The van der Waals surface area contributed by atoms with Gasteiger partial charge in [0.25, 0.3) is 5.91 Å². The van der Waals surface area contributed by atoms with Gasteiger partial charge in [-0.15, -0.1) is 0 Å². The van der Waals surface area contributed by atoms with Gasteiger partial charge in [0.1, 0.15) is 0 Å². The number of hydrogen-bond acceptors (Lipinski definition) is 6. The molecule has 1 saturated heterocycles. The second-order valence-corrected chi connectivity index (χ2v) is 12.6. The molecule has 0 bridgehead atoms. The molecule has 0 atom stereocenters. The minimum Gasteiger partial charge on any atom is -0.267 e. The monoisotopic (exact) mass is 596 g/mol. The molecule has 0 aliphatic carbocycles. The lowest BCUT2D eigenvalue weighted by Crippen LogP contribution is -2.32. The van der Waals surface area contributed by atoms with Gasteiger partial charge in [-0.1, -0.05) is 70.4 Å². The Balaban J connectivity index is 1.46. The molecule has 0 radical (unpaired) electrons. The number of thiazole rings is 1. The van der Waals surface area contributed by atoms with Crippen LogP contribution in [0.4, 0.5) is 5.13 Å². The van der Waals surface area contributed by atoms with Gasteiger partial charge in [-0.05, 0) is 60.9 Å². The van der Waals surface area contributed by atoms with Crippen LogP contribution in [0.5, 0.6) is 0 Å². The minimum atomic E-state index is -3.60. The smallest absolute Gasteiger partial charge is 0.267 e. The van der Waals surface area contributed by atoms with Gasteiger partial charge in [-0.3, -0.25) is 4.79 Å². The summed E-state index contributed by atoms with van der Waals surface area (Å²) in [6.45, 7) is 1.05. The average Bonchev–Trinajstić information content (AvgIpc) is 3.12. The summed E-state index contributed by atoms with van der Waals surface area (Å²) in [4.78, 5) is 18.4. The zero-order chi connectivity index (χ0) is 25.8. The summed E-state index contributed by atoms with van der Waals surface area (Å²) in [7, 11) is -3.60. The molecule has 10 heteroatoms. The number of halogens is 1. The van der Waals surface area contributed by atoms with Crippen molar-refractivity contribution in [2.45, 2.75) is 30.6 Å². The van der Waals surface area contributed by atoms with Gasteiger partial charge in [-0.2, -0.15) is 14.4 Å². The van der Waals surface area contributed by atoms with Crippen molar-refractivity contribution in [2.75, 3.05) is 18.1 Å². The summed E-state index contributed by atoms with van der Waals surface area (Å²) in [5.74, 6) is -0.399. The van der Waals surface area contributed by atoms with Gasteiger partial charge in [0, 0.05) is 23.1 Å². The van der Waals surface area contributed by atoms with Crippen molar-refractivity contribution < 1.29 is 13.2 Å². The van der Waals surface area contributed by atoms with Crippen molar-refractivity contribution in [1.29, 1.82) is 0 Å². The number of carbonyl (C=O) groups excluding carboxylic acids is 1. The SMILES string of the molecule is O=C(c1ccc(S(=O)(=O)N2CCCCCC2)cc1)N(/N=C/c1ccccc1)c1nc2ccc(Br)cc2s1. The maximum atomic E-state index is 13.6. The van der Waals surface area contributed by atoms with E-state index < -0.39 is 15.9 Å². The van der Waals surface area contributed by atoms with Crippen LogP contribution in [0.3, 0.4) is 0 Å². The van der Waals surface area contributed by atoms with Crippen molar-refractivity contribution in [3.05, 3.63) is 88.4 Å². The molecule has 1 aliphatic rings. The number of amides is 1. The molecule has 37 heavy (non-hydrogen) atoms. The highest BCUT2D eigenvalue weighted by molar-refractivity contribution is 9.10. The Kier molecular flexibility index (Phi) is 7.80. The fourth-order valence-electron chi connectivity index (χ4n) is 4.15. The quantitative estimate of drug-likeness (QED) is 0.193. The summed E-state index contributed by atoms with van der Waals surface area (Å²) >= 11 is 4.83. The first-order valence-corrected chi connectivity index (χ1v) is 15.1. The number of anilines is 1. The van der Waals surface area contributed by atoms with E-state index in [0.717, 1.165) is 45.9 Å². The van der Waals surface area contributed by atoms with Crippen LogP contribution in [-0.2, 0) is 10.0 Å². The molecule has 4 aromatic rings. The normalized spacial score (nSPS) is 15.2. The fraction of sp³-hybridized carbons (Fsp3) is 0.222. The number of rotatable bonds is 6. The summed E-state index contributed by atoms with van der Waals surface area (Å²) < 4.78 is 29.7. The zero-order valence-corrected chi connectivity index (χ0v) is 23.2. The maximum Gasteiger partial charge on any atom is 0.280 e. The van der Waals surface area contributed by atoms with Gasteiger partial charge >= 0.3 is 0 Å². The number of fused-ring (bicyclic) bond motifs is 1. The molecule has 1 aliphatic heterocycles. The van der Waals surface area contributed by atoms with Crippen LogP contribution in [-0.4, -0.2) is 42.9 Å². The van der Waals surface area contributed by atoms with E-state index in [0.29, 0.717) is 23.8 Å². The van der Waals surface area contributed by atoms with Crippen LogP contribution < -0.4 is 5.01 Å². The maximum absolute atomic E-state index is 13.6. The number of hydrazone groups is 1. The second kappa shape index (κ2) is 11.2. The van der Waals surface area contributed by atoms with Crippen molar-refractivity contribution in [3.8, 4) is 0 Å². The van der Waals surface area contributed by atoms with Crippen molar-refractivity contribution >= 4 is 64.8 Å². The van der Waals surface area contributed by atoms with Gasteiger partial charge in [0.05, 0.1) is 21.3 Å². The van der Waals surface area contributed by atoms with Crippen molar-refractivity contribution in [1.82, 2.24) is 9.29 Å². The molecule has 7 nitrogen and oxygen atoms in total. The largest absolute Gasteiger partial charge is 0.280 e. The van der Waals surface area contributed by atoms with Crippen molar-refractivity contribution in [3.63, 3.8) is 0 Å². The number of aromatic nitrogens is 1. The summed E-state index contributed by atoms with van der Waals surface area (Å²) in [6.07, 6.45) is 5.42. The third-order valence-electron chi connectivity index (χ3n) is 6.14. The first kappa shape index (κ1) is 25.7. The van der Waals surface area contributed by atoms with Gasteiger partial charge in [0.2, 0.25) is 15.2 Å². The molecule has 1 aromatic heterocycles. The van der Waals surface area contributed by atoms with E-state index in [2.05, 4.69) is 26.0 Å². The van der Waals surface area contributed by atoms with Crippen LogP contribution in [0.25, 0.3) is 10.2 Å². The Morgan fingerprint density at radius 3 is 2.38 bits per heavy atom. The number of carbonyl (C=O) groups is 1. The Morgan fingerprint density at radius 2 is 1.68 bits per heavy atom. The topological polar surface area (TPSA) is 82.9 Å². The van der Waals surface area contributed by atoms with Crippen LogP contribution in [0, 0.1) is 0 Å². The molecule has 3 aromatic carbocycles. The summed E-state index contributed by atoms with van der Waals surface area (Å²) in [6, 6.07) is 21.3. The Bertz CT molecular complexity index is 1530. The highest BCUT2D eigenvalue weighted by Crippen LogP contribution is 2.32. The van der Waals surface area contributed by atoms with E-state index >= 15 is 0 Å². The minimum absolute atomic E-state index is 0.190. The van der Waals surface area contributed by atoms with E-state index in [1.165, 1.54) is 28.5 Å². The van der Waals surface area contributed by atoms with E-state index in [9.17, 15) is 13.2 Å². The lowest BCUT2D eigenvalue weighted by molar-refractivity contribution is 0.0987. The van der Waals surface area contributed by atoms with Crippen LogP contribution in [0.15, 0.2) is 87.3 Å².